The molecule has 1 saturated heterocycles. The molecule has 0 aliphatic carbocycles. The number of aryl methyl sites for hydroxylation is 1. The molecule has 2 heterocycles. The molecule has 0 atom stereocenters. The molecule has 1 aliphatic heterocycles. The Bertz CT molecular complexity index is 660. The van der Waals surface area contributed by atoms with E-state index in [2.05, 4.69) is 17.0 Å². The summed E-state index contributed by atoms with van der Waals surface area (Å²) in [5.41, 5.74) is 1.89. The molecular weight excluding hydrogens is 292 g/mol. The summed E-state index contributed by atoms with van der Waals surface area (Å²) in [7, 11) is 2.07. The fourth-order valence-corrected chi connectivity index (χ4v) is 2.58. The molecule has 0 bridgehead atoms. The number of rotatable bonds is 4. The standard InChI is InChI=1S/C17H22N4O2/c1-14-12-21(15-6-4-3-5-7-15)18-17(14)23-13-16(22)20-10-8-19(2)9-11-20/h3-7,12H,8-11,13H2,1-2H3. The Hall–Kier alpha value is -2.34. The van der Waals surface area contributed by atoms with E-state index in [0.717, 1.165) is 37.4 Å². The Morgan fingerprint density at radius 2 is 1.87 bits per heavy atom. The van der Waals surface area contributed by atoms with Crippen molar-refractivity contribution in [2.45, 2.75) is 6.92 Å². The molecular formula is C17H22N4O2. The molecule has 1 aromatic carbocycles. The van der Waals surface area contributed by atoms with E-state index < -0.39 is 0 Å². The zero-order chi connectivity index (χ0) is 16.2. The van der Waals surface area contributed by atoms with Gasteiger partial charge in [-0.25, -0.2) is 4.68 Å². The van der Waals surface area contributed by atoms with Crippen LogP contribution >= 0.6 is 0 Å². The highest BCUT2D eigenvalue weighted by Crippen LogP contribution is 2.17. The first-order valence-electron chi connectivity index (χ1n) is 7.84. The van der Waals surface area contributed by atoms with Gasteiger partial charge >= 0.3 is 0 Å². The van der Waals surface area contributed by atoms with Crippen molar-refractivity contribution in [1.82, 2.24) is 19.6 Å². The largest absolute Gasteiger partial charge is 0.466 e. The Morgan fingerprint density at radius 3 is 2.57 bits per heavy atom. The second kappa shape index (κ2) is 6.83. The van der Waals surface area contributed by atoms with Gasteiger partial charge < -0.3 is 14.5 Å². The number of amides is 1. The van der Waals surface area contributed by atoms with E-state index in [0.29, 0.717) is 5.88 Å². The van der Waals surface area contributed by atoms with Crippen LogP contribution in [0, 0.1) is 6.92 Å². The molecule has 1 aromatic heterocycles. The molecule has 0 radical (unpaired) electrons. The molecule has 0 N–H and O–H groups in total. The van der Waals surface area contributed by atoms with Gasteiger partial charge in [-0.2, -0.15) is 0 Å². The van der Waals surface area contributed by atoms with Gasteiger partial charge in [-0.05, 0) is 26.1 Å². The van der Waals surface area contributed by atoms with Crippen LogP contribution in [0.1, 0.15) is 5.56 Å². The average molecular weight is 314 g/mol. The van der Waals surface area contributed by atoms with Gasteiger partial charge in [-0.3, -0.25) is 4.79 Å². The van der Waals surface area contributed by atoms with E-state index >= 15 is 0 Å². The van der Waals surface area contributed by atoms with Crippen LogP contribution in [0.3, 0.4) is 0 Å². The fraction of sp³-hybridized carbons (Fsp3) is 0.412. The summed E-state index contributed by atoms with van der Waals surface area (Å²) in [4.78, 5) is 16.3. The third-order valence-electron chi connectivity index (χ3n) is 4.06. The molecule has 6 nitrogen and oxygen atoms in total. The molecule has 2 aromatic rings. The third-order valence-corrected chi connectivity index (χ3v) is 4.06. The van der Waals surface area contributed by atoms with Crippen LogP contribution in [-0.2, 0) is 4.79 Å². The number of aromatic nitrogens is 2. The molecule has 0 saturated carbocycles. The van der Waals surface area contributed by atoms with Crippen LogP contribution in [-0.4, -0.2) is 65.3 Å². The fourth-order valence-electron chi connectivity index (χ4n) is 2.58. The van der Waals surface area contributed by atoms with E-state index in [4.69, 9.17) is 4.74 Å². The molecule has 3 rings (SSSR count). The van der Waals surface area contributed by atoms with Gasteiger partial charge in [0.15, 0.2) is 6.61 Å². The Kier molecular flexibility index (Phi) is 4.62. The van der Waals surface area contributed by atoms with Gasteiger partial charge in [0, 0.05) is 37.9 Å². The highest BCUT2D eigenvalue weighted by molar-refractivity contribution is 5.77. The number of para-hydroxylation sites is 1. The van der Waals surface area contributed by atoms with Crippen LogP contribution < -0.4 is 4.74 Å². The lowest BCUT2D eigenvalue weighted by molar-refractivity contribution is -0.135. The predicted octanol–water partition coefficient (Wildman–Crippen LogP) is 1.33. The number of ether oxygens (including phenoxy) is 1. The number of hydrogen-bond acceptors (Lipinski definition) is 4. The lowest BCUT2D eigenvalue weighted by Gasteiger charge is -2.32. The first-order chi connectivity index (χ1) is 11.1. The molecule has 0 unspecified atom stereocenters. The summed E-state index contributed by atoms with van der Waals surface area (Å²) < 4.78 is 7.41. The summed E-state index contributed by atoms with van der Waals surface area (Å²) in [6, 6.07) is 9.84. The molecule has 6 heteroatoms. The molecule has 1 aliphatic rings. The first kappa shape index (κ1) is 15.6. The molecule has 122 valence electrons. The minimum absolute atomic E-state index is 0.0201. The van der Waals surface area contributed by atoms with Crippen molar-refractivity contribution in [2.24, 2.45) is 0 Å². The average Bonchev–Trinajstić information content (AvgIpc) is 2.95. The summed E-state index contributed by atoms with van der Waals surface area (Å²) in [6.45, 7) is 5.31. The lowest BCUT2D eigenvalue weighted by atomic mass is 10.3. The number of nitrogens with zero attached hydrogens (tertiary/aromatic N) is 4. The summed E-state index contributed by atoms with van der Waals surface area (Å²) in [5.74, 6) is 0.531. The van der Waals surface area contributed by atoms with E-state index in [1.807, 2.05) is 48.4 Å². The van der Waals surface area contributed by atoms with Crippen molar-refractivity contribution in [3.05, 3.63) is 42.1 Å². The van der Waals surface area contributed by atoms with Gasteiger partial charge in [0.1, 0.15) is 0 Å². The summed E-state index contributed by atoms with van der Waals surface area (Å²) in [6.07, 6.45) is 1.91. The first-order valence-corrected chi connectivity index (χ1v) is 7.84. The summed E-state index contributed by atoms with van der Waals surface area (Å²) >= 11 is 0. The van der Waals surface area contributed by atoms with Gasteiger partial charge in [0.05, 0.1) is 5.69 Å². The van der Waals surface area contributed by atoms with Crippen LogP contribution in [0.15, 0.2) is 36.5 Å². The van der Waals surface area contributed by atoms with Gasteiger partial charge in [-0.15, -0.1) is 5.10 Å². The highest BCUT2D eigenvalue weighted by Gasteiger charge is 2.20. The number of piperazine rings is 1. The van der Waals surface area contributed by atoms with Crippen molar-refractivity contribution in [1.29, 1.82) is 0 Å². The zero-order valence-corrected chi connectivity index (χ0v) is 13.6. The van der Waals surface area contributed by atoms with E-state index in [9.17, 15) is 4.79 Å². The number of likely N-dealkylation sites (N-methyl/N-ethyl adjacent to an activating group) is 1. The third kappa shape index (κ3) is 3.71. The predicted molar refractivity (Wildman–Crippen MR) is 87.9 cm³/mol. The van der Waals surface area contributed by atoms with Crippen molar-refractivity contribution >= 4 is 5.91 Å². The maximum atomic E-state index is 12.2. The molecule has 1 fully saturated rings. The number of benzene rings is 1. The van der Waals surface area contributed by atoms with Gasteiger partial charge in [0.25, 0.3) is 5.91 Å². The monoisotopic (exact) mass is 314 g/mol. The maximum absolute atomic E-state index is 12.2. The normalized spacial score (nSPS) is 15.7. The summed E-state index contributed by atoms with van der Waals surface area (Å²) in [5, 5.41) is 4.42. The Labute approximate surface area is 136 Å². The van der Waals surface area contributed by atoms with Crippen molar-refractivity contribution in [2.75, 3.05) is 39.8 Å². The van der Waals surface area contributed by atoms with E-state index in [1.165, 1.54) is 0 Å². The SMILES string of the molecule is Cc1cn(-c2ccccc2)nc1OCC(=O)N1CCN(C)CC1. The van der Waals surface area contributed by atoms with Crippen LogP contribution in [0.2, 0.25) is 0 Å². The van der Waals surface area contributed by atoms with Crippen LogP contribution in [0.4, 0.5) is 0 Å². The van der Waals surface area contributed by atoms with Gasteiger partial charge in [0.2, 0.25) is 5.88 Å². The molecule has 0 spiro atoms. The minimum atomic E-state index is 0.0201. The van der Waals surface area contributed by atoms with Crippen molar-refractivity contribution < 1.29 is 9.53 Å². The van der Waals surface area contributed by atoms with Crippen molar-refractivity contribution in [3.8, 4) is 11.6 Å². The second-order valence-electron chi connectivity index (χ2n) is 5.87. The lowest BCUT2D eigenvalue weighted by Crippen LogP contribution is -2.48. The van der Waals surface area contributed by atoms with Crippen LogP contribution in [0.25, 0.3) is 5.69 Å². The number of hydrogen-bond donors (Lipinski definition) is 0. The van der Waals surface area contributed by atoms with E-state index in [1.54, 1.807) is 4.68 Å². The molecule has 23 heavy (non-hydrogen) atoms. The minimum Gasteiger partial charge on any atom is -0.466 e. The Balaban J connectivity index is 1.60. The highest BCUT2D eigenvalue weighted by atomic mass is 16.5. The smallest absolute Gasteiger partial charge is 0.260 e. The maximum Gasteiger partial charge on any atom is 0.260 e. The molecule has 1 amide bonds. The topological polar surface area (TPSA) is 50.6 Å². The van der Waals surface area contributed by atoms with Crippen molar-refractivity contribution in [3.63, 3.8) is 0 Å². The number of carbonyl (C=O) groups is 1. The quantitative estimate of drug-likeness (QED) is 0.854. The second-order valence-corrected chi connectivity index (χ2v) is 5.87. The van der Waals surface area contributed by atoms with Crippen LogP contribution in [0.5, 0.6) is 5.88 Å². The van der Waals surface area contributed by atoms with E-state index in [-0.39, 0.29) is 12.5 Å². The number of carbonyl (C=O) groups excluding carboxylic acids is 1. The zero-order valence-electron chi connectivity index (χ0n) is 13.6. The Morgan fingerprint density at radius 1 is 1.17 bits per heavy atom. The van der Waals surface area contributed by atoms with Gasteiger partial charge in [-0.1, -0.05) is 18.2 Å².